The third kappa shape index (κ3) is 3.16. The van der Waals surface area contributed by atoms with Gasteiger partial charge >= 0.3 is 5.97 Å². The Hall–Kier alpha value is -1.91. The van der Waals surface area contributed by atoms with Crippen molar-refractivity contribution in [3.63, 3.8) is 0 Å². The summed E-state index contributed by atoms with van der Waals surface area (Å²) in [4.78, 5) is 24.7. The Balaban J connectivity index is 1.40. The van der Waals surface area contributed by atoms with Crippen LogP contribution in [0.25, 0.3) is 0 Å². The highest BCUT2D eigenvalue weighted by Crippen LogP contribution is 2.55. The molecule has 4 nitrogen and oxygen atoms in total. The SMILES string of the molecule is CC(OC(=O)c1ccccc1F)C(=O)NC12CC3CC(CC(C3)C1)C2. The summed E-state index contributed by atoms with van der Waals surface area (Å²) >= 11 is 0. The standard InChI is InChI=1S/C20H24FNO3/c1-12(25-19(24)16-4-2-3-5-17(16)21)18(23)22-20-9-13-6-14(10-20)8-15(7-13)11-20/h2-5,12-15H,6-11H2,1H3,(H,22,23). The first-order chi connectivity index (χ1) is 11.9. The van der Waals surface area contributed by atoms with Gasteiger partial charge in [-0.2, -0.15) is 0 Å². The lowest BCUT2D eigenvalue weighted by atomic mass is 9.53. The first kappa shape index (κ1) is 16.6. The predicted molar refractivity (Wildman–Crippen MR) is 90.3 cm³/mol. The normalized spacial score (nSPS) is 33.8. The lowest BCUT2D eigenvalue weighted by Crippen LogP contribution is -2.61. The quantitative estimate of drug-likeness (QED) is 0.851. The van der Waals surface area contributed by atoms with Crippen LogP contribution in [0.4, 0.5) is 4.39 Å². The number of carbonyl (C=O) groups excluding carboxylic acids is 2. The Morgan fingerprint density at radius 3 is 2.24 bits per heavy atom. The summed E-state index contributed by atoms with van der Waals surface area (Å²) in [6.45, 7) is 1.55. The van der Waals surface area contributed by atoms with E-state index >= 15 is 0 Å². The molecule has 1 aromatic rings. The van der Waals surface area contributed by atoms with Gasteiger partial charge in [0.2, 0.25) is 0 Å². The maximum Gasteiger partial charge on any atom is 0.341 e. The Morgan fingerprint density at radius 2 is 1.68 bits per heavy atom. The van der Waals surface area contributed by atoms with Crippen LogP contribution in [0.15, 0.2) is 24.3 Å². The van der Waals surface area contributed by atoms with E-state index in [1.54, 1.807) is 13.0 Å². The number of carbonyl (C=O) groups is 2. The van der Waals surface area contributed by atoms with Gasteiger partial charge in [0.05, 0.1) is 5.56 Å². The van der Waals surface area contributed by atoms with E-state index in [2.05, 4.69) is 5.32 Å². The number of hydrogen-bond donors (Lipinski definition) is 1. The van der Waals surface area contributed by atoms with Crippen molar-refractivity contribution in [3.05, 3.63) is 35.6 Å². The van der Waals surface area contributed by atoms with Gasteiger partial charge in [0.25, 0.3) is 5.91 Å². The largest absolute Gasteiger partial charge is 0.449 e. The lowest BCUT2D eigenvalue weighted by molar-refractivity contribution is -0.134. The van der Waals surface area contributed by atoms with Crippen LogP contribution in [-0.4, -0.2) is 23.5 Å². The molecule has 4 aliphatic carbocycles. The van der Waals surface area contributed by atoms with E-state index < -0.39 is 17.9 Å². The van der Waals surface area contributed by atoms with Crippen molar-refractivity contribution < 1.29 is 18.7 Å². The first-order valence-corrected chi connectivity index (χ1v) is 9.22. The van der Waals surface area contributed by atoms with Crippen molar-refractivity contribution in [2.24, 2.45) is 17.8 Å². The Kier molecular flexibility index (Phi) is 4.05. The first-order valence-electron chi connectivity index (χ1n) is 9.22. The average molecular weight is 345 g/mol. The molecule has 0 spiro atoms. The van der Waals surface area contributed by atoms with Gasteiger partial charge in [0.1, 0.15) is 5.82 Å². The number of amides is 1. The fourth-order valence-corrected chi connectivity index (χ4v) is 5.53. The van der Waals surface area contributed by atoms with Gasteiger partial charge < -0.3 is 10.1 Å². The molecule has 4 aliphatic rings. The third-order valence-corrected chi connectivity index (χ3v) is 6.17. The second-order valence-corrected chi connectivity index (χ2v) is 8.21. The van der Waals surface area contributed by atoms with Crippen molar-refractivity contribution in [1.82, 2.24) is 5.32 Å². The molecule has 1 N–H and O–H groups in total. The number of esters is 1. The molecule has 0 radical (unpaired) electrons. The molecule has 0 saturated heterocycles. The summed E-state index contributed by atoms with van der Waals surface area (Å²) in [7, 11) is 0. The minimum atomic E-state index is -0.930. The molecule has 0 aliphatic heterocycles. The van der Waals surface area contributed by atoms with Crippen molar-refractivity contribution in [2.45, 2.75) is 57.1 Å². The van der Waals surface area contributed by atoms with Crippen LogP contribution in [0, 0.1) is 23.6 Å². The van der Waals surface area contributed by atoms with Crippen molar-refractivity contribution in [3.8, 4) is 0 Å². The zero-order chi connectivity index (χ0) is 17.6. The summed E-state index contributed by atoms with van der Waals surface area (Å²) in [6.07, 6.45) is 6.09. The molecule has 1 aromatic carbocycles. The van der Waals surface area contributed by atoms with Crippen LogP contribution in [0.1, 0.15) is 55.8 Å². The molecule has 4 bridgehead atoms. The topological polar surface area (TPSA) is 55.4 Å². The maximum absolute atomic E-state index is 13.7. The highest BCUT2D eigenvalue weighted by molar-refractivity contribution is 5.92. The summed E-state index contributed by atoms with van der Waals surface area (Å²) in [5.74, 6) is 0.465. The Morgan fingerprint density at radius 1 is 1.12 bits per heavy atom. The van der Waals surface area contributed by atoms with Crippen LogP contribution in [-0.2, 0) is 9.53 Å². The molecule has 1 unspecified atom stereocenters. The predicted octanol–water partition coefficient (Wildman–Crippen LogP) is 3.46. The molecule has 134 valence electrons. The summed E-state index contributed by atoms with van der Waals surface area (Å²) in [6, 6.07) is 5.65. The molecule has 0 heterocycles. The number of nitrogens with one attached hydrogen (secondary N) is 1. The van der Waals surface area contributed by atoms with Gasteiger partial charge in [-0.05, 0) is 75.3 Å². The van der Waals surface area contributed by atoms with E-state index in [4.69, 9.17) is 4.74 Å². The smallest absolute Gasteiger partial charge is 0.341 e. The number of rotatable bonds is 4. The molecule has 0 aromatic heterocycles. The number of benzene rings is 1. The van der Waals surface area contributed by atoms with E-state index in [1.165, 1.54) is 37.5 Å². The molecule has 5 rings (SSSR count). The molecular weight excluding hydrogens is 321 g/mol. The fourth-order valence-electron chi connectivity index (χ4n) is 5.53. The van der Waals surface area contributed by atoms with Crippen LogP contribution in [0.5, 0.6) is 0 Å². The Labute approximate surface area is 147 Å². The molecule has 5 heteroatoms. The van der Waals surface area contributed by atoms with E-state index in [0.717, 1.165) is 37.0 Å². The highest BCUT2D eigenvalue weighted by atomic mass is 19.1. The average Bonchev–Trinajstić information content (AvgIpc) is 2.53. The van der Waals surface area contributed by atoms with Gasteiger partial charge in [0.15, 0.2) is 6.10 Å². The van der Waals surface area contributed by atoms with Crippen molar-refractivity contribution in [2.75, 3.05) is 0 Å². The van der Waals surface area contributed by atoms with Crippen LogP contribution in [0.3, 0.4) is 0 Å². The highest BCUT2D eigenvalue weighted by Gasteiger charge is 2.51. The second-order valence-electron chi connectivity index (χ2n) is 8.21. The van der Waals surface area contributed by atoms with Crippen LogP contribution < -0.4 is 5.32 Å². The van der Waals surface area contributed by atoms with E-state index in [9.17, 15) is 14.0 Å². The van der Waals surface area contributed by atoms with E-state index in [-0.39, 0.29) is 17.0 Å². The summed E-state index contributed by atoms with van der Waals surface area (Å²) in [5, 5.41) is 3.19. The Bertz CT molecular complexity index is 667. The number of hydrogen-bond acceptors (Lipinski definition) is 3. The zero-order valence-electron chi connectivity index (χ0n) is 14.5. The monoisotopic (exact) mass is 345 g/mol. The van der Waals surface area contributed by atoms with Crippen LogP contribution in [0.2, 0.25) is 0 Å². The fraction of sp³-hybridized carbons (Fsp3) is 0.600. The summed E-state index contributed by atoms with van der Waals surface area (Å²) < 4.78 is 18.9. The molecule has 1 atom stereocenters. The molecule has 25 heavy (non-hydrogen) atoms. The van der Waals surface area contributed by atoms with Gasteiger partial charge in [-0.25, -0.2) is 9.18 Å². The second kappa shape index (κ2) is 6.11. The third-order valence-electron chi connectivity index (χ3n) is 6.17. The van der Waals surface area contributed by atoms with Crippen molar-refractivity contribution >= 4 is 11.9 Å². The molecule has 4 fully saturated rings. The summed E-state index contributed by atoms with van der Waals surface area (Å²) in [5.41, 5.74) is -0.262. The van der Waals surface area contributed by atoms with Gasteiger partial charge in [-0.1, -0.05) is 12.1 Å². The van der Waals surface area contributed by atoms with Gasteiger partial charge in [0, 0.05) is 5.54 Å². The lowest BCUT2D eigenvalue weighted by Gasteiger charge is -2.57. The van der Waals surface area contributed by atoms with Crippen LogP contribution >= 0.6 is 0 Å². The molecular formula is C20H24FNO3. The van der Waals surface area contributed by atoms with Gasteiger partial charge in [-0.15, -0.1) is 0 Å². The van der Waals surface area contributed by atoms with Gasteiger partial charge in [-0.3, -0.25) is 4.79 Å². The molecule has 4 saturated carbocycles. The minimum absolute atomic E-state index is 0.121. The van der Waals surface area contributed by atoms with E-state index in [0.29, 0.717) is 0 Å². The maximum atomic E-state index is 13.7. The minimum Gasteiger partial charge on any atom is -0.449 e. The number of halogens is 1. The molecule has 1 amide bonds. The van der Waals surface area contributed by atoms with E-state index in [1.807, 2.05) is 0 Å². The number of ether oxygens (including phenoxy) is 1. The van der Waals surface area contributed by atoms with Crippen molar-refractivity contribution in [1.29, 1.82) is 0 Å². The zero-order valence-corrected chi connectivity index (χ0v) is 14.5.